The number of halogens is 1. The second-order valence-electron chi connectivity index (χ2n) is 4.01. The van der Waals surface area contributed by atoms with Gasteiger partial charge in [-0.25, -0.2) is 0 Å². The van der Waals surface area contributed by atoms with Crippen molar-refractivity contribution in [2.24, 2.45) is 11.8 Å². The summed E-state index contributed by atoms with van der Waals surface area (Å²) in [4.78, 5) is 23.1. The van der Waals surface area contributed by atoms with Gasteiger partial charge in [0.15, 0.2) is 0 Å². The highest BCUT2D eigenvalue weighted by molar-refractivity contribution is 14.1. The van der Waals surface area contributed by atoms with Gasteiger partial charge >= 0.3 is 5.97 Å². The van der Waals surface area contributed by atoms with Crippen LogP contribution in [-0.4, -0.2) is 17.0 Å². The number of carbonyl (C=O) groups is 2. The fraction of sp³-hybridized carbons (Fsp3) is 0.333. The van der Waals surface area contributed by atoms with E-state index in [2.05, 4.69) is 0 Å². The molecule has 0 aliphatic heterocycles. The molecule has 4 nitrogen and oxygen atoms in total. The van der Waals surface area contributed by atoms with Crippen LogP contribution in [0, 0.1) is 11.8 Å². The van der Waals surface area contributed by atoms with E-state index in [9.17, 15) is 9.59 Å². The molecule has 1 unspecified atom stereocenters. The van der Waals surface area contributed by atoms with E-state index in [-0.39, 0.29) is 5.92 Å². The predicted octanol–water partition coefficient (Wildman–Crippen LogP) is 2.73. The number of carboxylic acids is 1. The Hall–Kier alpha value is -1.11. The van der Waals surface area contributed by atoms with E-state index in [4.69, 9.17) is 5.11 Å². The highest BCUT2D eigenvalue weighted by Crippen LogP contribution is 2.23. The van der Waals surface area contributed by atoms with Crippen LogP contribution in [0.1, 0.15) is 13.8 Å². The first-order valence-corrected chi connectivity index (χ1v) is 6.19. The third-order valence-corrected chi connectivity index (χ3v) is 3.41. The Kier molecular flexibility index (Phi) is 4.92. The summed E-state index contributed by atoms with van der Waals surface area (Å²) in [6, 6.07) is 8.99. The zero-order valence-corrected chi connectivity index (χ0v) is 11.8. The Morgan fingerprint density at radius 1 is 1.24 bits per heavy atom. The van der Waals surface area contributed by atoms with Crippen molar-refractivity contribution in [2.75, 3.05) is 3.11 Å². The largest absolute Gasteiger partial charge is 0.481 e. The molecule has 0 heterocycles. The van der Waals surface area contributed by atoms with Crippen LogP contribution in [0.4, 0.5) is 5.69 Å². The first-order valence-electron chi connectivity index (χ1n) is 5.22. The van der Waals surface area contributed by atoms with Gasteiger partial charge in [-0.3, -0.25) is 12.7 Å². The van der Waals surface area contributed by atoms with E-state index in [0.717, 1.165) is 0 Å². The highest BCUT2D eigenvalue weighted by Gasteiger charge is 2.33. The molecule has 1 rings (SSSR count). The van der Waals surface area contributed by atoms with Gasteiger partial charge in [0, 0.05) is 0 Å². The maximum absolute atomic E-state index is 12.1. The molecule has 0 aromatic heterocycles. The zero-order valence-electron chi connectivity index (χ0n) is 9.63. The van der Waals surface area contributed by atoms with Gasteiger partial charge in [-0.05, 0) is 18.1 Å². The van der Waals surface area contributed by atoms with Crippen LogP contribution in [0.3, 0.4) is 0 Å². The Labute approximate surface area is 114 Å². The molecule has 0 fully saturated rings. The fourth-order valence-corrected chi connectivity index (χ4v) is 2.11. The third-order valence-electron chi connectivity index (χ3n) is 2.38. The summed E-state index contributed by atoms with van der Waals surface area (Å²) < 4.78 is 1.36. The van der Waals surface area contributed by atoms with Crippen LogP contribution in [-0.2, 0) is 9.59 Å². The molecule has 0 spiro atoms. The number of para-hydroxylation sites is 1. The Balaban J connectivity index is 2.92. The van der Waals surface area contributed by atoms with Gasteiger partial charge in [0.1, 0.15) is 5.92 Å². The molecule has 0 saturated carbocycles. The number of nitrogens with zero attached hydrogens (tertiary/aromatic N) is 1. The molecule has 0 saturated heterocycles. The number of hydrogen-bond acceptors (Lipinski definition) is 2. The minimum Gasteiger partial charge on any atom is -0.481 e. The summed E-state index contributed by atoms with van der Waals surface area (Å²) in [5.74, 6) is -2.73. The second-order valence-corrected chi connectivity index (χ2v) is 4.98. The molecule has 0 bridgehead atoms. The lowest BCUT2D eigenvalue weighted by molar-refractivity contribution is -0.147. The summed E-state index contributed by atoms with van der Waals surface area (Å²) in [7, 11) is 0. The van der Waals surface area contributed by atoms with E-state index in [1.807, 2.05) is 28.9 Å². The van der Waals surface area contributed by atoms with Crippen LogP contribution >= 0.6 is 22.9 Å². The third kappa shape index (κ3) is 3.42. The van der Waals surface area contributed by atoms with Crippen molar-refractivity contribution >= 4 is 40.4 Å². The van der Waals surface area contributed by atoms with Crippen molar-refractivity contribution in [2.45, 2.75) is 13.8 Å². The smallest absolute Gasteiger partial charge is 0.316 e. The topological polar surface area (TPSA) is 57.6 Å². The van der Waals surface area contributed by atoms with Gasteiger partial charge in [-0.15, -0.1) is 0 Å². The van der Waals surface area contributed by atoms with E-state index < -0.39 is 17.8 Å². The van der Waals surface area contributed by atoms with Crippen molar-refractivity contribution in [3.05, 3.63) is 30.3 Å². The van der Waals surface area contributed by atoms with E-state index in [0.29, 0.717) is 5.69 Å². The molecule has 0 radical (unpaired) electrons. The monoisotopic (exact) mass is 347 g/mol. The lowest BCUT2D eigenvalue weighted by Crippen LogP contribution is -2.36. The van der Waals surface area contributed by atoms with Gasteiger partial charge < -0.3 is 5.11 Å². The van der Waals surface area contributed by atoms with E-state index in [1.165, 1.54) is 3.11 Å². The number of carbonyl (C=O) groups excluding carboxylic acids is 1. The molecule has 1 N–H and O–H groups in total. The maximum atomic E-state index is 12.1. The number of benzene rings is 1. The highest BCUT2D eigenvalue weighted by atomic mass is 127. The average Bonchev–Trinajstić information content (AvgIpc) is 2.28. The Morgan fingerprint density at radius 3 is 2.18 bits per heavy atom. The molecule has 1 aromatic carbocycles. The lowest BCUT2D eigenvalue weighted by atomic mass is 9.95. The molecule has 92 valence electrons. The standard InChI is InChI=1S/C12H14INO3/c1-8(2)10(12(16)17)11(15)14(13)9-6-4-3-5-7-9/h3-8,10H,1-2H3,(H,16,17). The summed E-state index contributed by atoms with van der Waals surface area (Å²) in [5.41, 5.74) is 0.685. The quantitative estimate of drug-likeness (QED) is 0.518. The predicted molar refractivity (Wildman–Crippen MR) is 73.9 cm³/mol. The minimum atomic E-state index is -1.08. The number of aliphatic carboxylic acids is 1. The molecule has 1 amide bonds. The normalized spacial score (nSPS) is 12.2. The van der Waals surface area contributed by atoms with Crippen molar-refractivity contribution < 1.29 is 14.7 Å². The number of anilines is 1. The van der Waals surface area contributed by atoms with Gasteiger partial charge in [-0.2, -0.15) is 0 Å². The molecular weight excluding hydrogens is 333 g/mol. The minimum absolute atomic E-state index is 0.235. The number of amides is 1. The molecular formula is C12H14INO3. The Morgan fingerprint density at radius 2 is 1.76 bits per heavy atom. The van der Waals surface area contributed by atoms with E-state index >= 15 is 0 Å². The van der Waals surface area contributed by atoms with Crippen LogP contribution in [0.5, 0.6) is 0 Å². The summed E-state index contributed by atoms with van der Waals surface area (Å²) in [6.45, 7) is 3.46. The van der Waals surface area contributed by atoms with Crippen LogP contribution in [0.15, 0.2) is 30.3 Å². The molecule has 0 aliphatic rings. The van der Waals surface area contributed by atoms with Gasteiger partial charge in [0.05, 0.1) is 28.6 Å². The summed E-state index contributed by atoms with van der Waals surface area (Å²) in [6.07, 6.45) is 0. The van der Waals surface area contributed by atoms with E-state index in [1.54, 1.807) is 38.1 Å². The van der Waals surface area contributed by atoms with Gasteiger partial charge in [0.2, 0.25) is 0 Å². The maximum Gasteiger partial charge on any atom is 0.316 e. The van der Waals surface area contributed by atoms with Crippen LogP contribution in [0.25, 0.3) is 0 Å². The first kappa shape index (κ1) is 14.0. The number of hydrogen-bond donors (Lipinski definition) is 1. The molecule has 1 atom stereocenters. The van der Waals surface area contributed by atoms with Crippen molar-refractivity contribution in [1.29, 1.82) is 0 Å². The second kappa shape index (κ2) is 6.00. The lowest BCUT2D eigenvalue weighted by Gasteiger charge is -2.21. The number of rotatable bonds is 4. The SMILES string of the molecule is CC(C)C(C(=O)O)C(=O)N(I)c1ccccc1. The average molecular weight is 347 g/mol. The van der Waals surface area contributed by atoms with Crippen LogP contribution < -0.4 is 3.11 Å². The number of carboxylic acid groups (broad SMARTS) is 1. The molecule has 1 aromatic rings. The molecule has 17 heavy (non-hydrogen) atoms. The summed E-state index contributed by atoms with van der Waals surface area (Å²) in [5, 5.41) is 9.06. The molecule has 0 aliphatic carbocycles. The van der Waals surface area contributed by atoms with Crippen molar-refractivity contribution in [1.82, 2.24) is 0 Å². The van der Waals surface area contributed by atoms with Crippen LogP contribution in [0.2, 0.25) is 0 Å². The van der Waals surface area contributed by atoms with Crippen molar-refractivity contribution in [3.63, 3.8) is 0 Å². The van der Waals surface area contributed by atoms with Gasteiger partial charge in [-0.1, -0.05) is 32.0 Å². The summed E-state index contributed by atoms with van der Waals surface area (Å²) >= 11 is 1.84. The Bertz CT molecular complexity index is 405. The fourth-order valence-electron chi connectivity index (χ4n) is 1.48. The molecule has 5 heteroatoms. The first-order chi connectivity index (χ1) is 7.95. The van der Waals surface area contributed by atoms with Crippen molar-refractivity contribution in [3.8, 4) is 0 Å². The van der Waals surface area contributed by atoms with Gasteiger partial charge in [0.25, 0.3) is 5.91 Å². The zero-order chi connectivity index (χ0) is 13.0.